The molecule has 0 saturated carbocycles. The minimum Gasteiger partial charge on any atom is -0.389 e. The lowest BCUT2D eigenvalue weighted by Crippen LogP contribution is -2.20. The summed E-state index contributed by atoms with van der Waals surface area (Å²) in [5.74, 6) is -0.468. The Labute approximate surface area is 95.3 Å². The van der Waals surface area contributed by atoms with Crippen LogP contribution in [0.15, 0.2) is 22.7 Å². The van der Waals surface area contributed by atoms with Crippen molar-refractivity contribution in [1.82, 2.24) is 0 Å². The summed E-state index contributed by atoms with van der Waals surface area (Å²) in [6.07, 6.45) is -2.30. The molecular formula is C9H10BrFO2S. The van der Waals surface area contributed by atoms with Crippen LogP contribution in [0.5, 0.6) is 0 Å². The van der Waals surface area contributed by atoms with E-state index in [9.17, 15) is 14.6 Å². The summed E-state index contributed by atoms with van der Waals surface area (Å²) in [4.78, 5) is 0. The van der Waals surface area contributed by atoms with Gasteiger partial charge in [0, 0.05) is 15.8 Å². The first-order valence-corrected chi connectivity index (χ1v) is 5.40. The lowest BCUT2D eigenvalue weighted by atomic mass is 10.1. The van der Waals surface area contributed by atoms with Gasteiger partial charge in [0.1, 0.15) is 11.9 Å². The van der Waals surface area contributed by atoms with Crippen LogP contribution in [-0.4, -0.2) is 22.1 Å². The molecule has 0 aliphatic carbocycles. The summed E-state index contributed by atoms with van der Waals surface area (Å²) < 4.78 is 13.9. The molecular weight excluding hydrogens is 271 g/mol. The van der Waals surface area contributed by atoms with Gasteiger partial charge < -0.3 is 10.2 Å². The average Bonchev–Trinajstić information content (AvgIpc) is 2.15. The topological polar surface area (TPSA) is 40.5 Å². The first kappa shape index (κ1) is 12.0. The molecule has 0 saturated heterocycles. The Morgan fingerprint density at radius 3 is 2.57 bits per heavy atom. The number of thiol groups is 1. The van der Waals surface area contributed by atoms with Gasteiger partial charge in [-0.15, -0.1) is 0 Å². The van der Waals surface area contributed by atoms with Crippen molar-refractivity contribution in [3.8, 4) is 0 Å². The fourth-order valence-electron chi connectivity index (χ4n) is 1.05. The molecule has 2 nitrogen and oxygen atoms in total. The first-order chi connectivity index (χ1) is 6.56. The Morgan fingerprint density at radius 2 is 2.07 bits per heavy atom. The predicted molar refractivity (Wildman–Crippen MR) is 58.9 cm³/mol. The van der Waals surface area contributed by atoms with Gasteiger partial charge in [-0.1, -0.05) is 22.0 Å². The number of aliphatic hydroxyl groups excluding tert-OH is 2. The number of benzene rings is 1. The second-order valence-corrected chi connectivity index (χ2v) is 4.14. The molecule has 0 spiro atoms. The molecule has 5 heteroatoms. The molecule has 0 bridgehead atoms. The van der Waals surface area contributed by atoms with Crippen LogP contribution in [0.3, 0.4) is 0 Å². The Balaban J connectivity index is 2.95. The van der Waals surface area contributed by atoms with Crippen molar-refractivity contribution in [1.29, 1.82) is 0 Å². The molecule has 14 heavy (non-hydrogen) atoms. The van der Waals surface area contributed by atoms with E-state index in [2.05, 4.69) is 28.6 Å². The Morgan fingerprint density at radius 1 is 1.43 bits per heavy atom. The van der Waals surface area contributed by atoms with Gasteiger partial charge >= 0.3 is 0 Å². The van der Waals surface area contributed by atoms with Crippen molar-refractivity contribution >= 4 is 28.6 Å². The second-order valence-electron chi connectivity index (χ2n) is 2.86. The first-order valence-electron chi connectivity index (χ1n) is 3.98. The zero-order valence-electron chi connectivity index (χ0n) is 7.19. The fourth-order valence-corrected chi connectivity index (χ4v) is 1.58. The van der Waals surface area contributed by atoms with E-state index in [0.29, 0.717) is 4.47 Å². The van der Waals surface area contributed by atoms with Crippen molar-refractivity contribution in [3.05, 3.63) is 34.1 Å². The Bertz CT molecular complexity index is 322. The van der Waals surface area contributed by atoms with Gasteiger partial charge in [-0.25, -0.2) is 4.39 Å². The smallest absolute Gasteiger partial charge is 0.130 e. The highest BCUT2D eigenvalue weighted by atomic mass is 79.9. The van der Waals surface area contributed by atoms with Crippen LogP contribution >= 0.6 is 28.6 Å². The average molecular weight is 281 g/mol. The third kappa shape index (κ3) is 2.70. The molecule has 1 aromatic carbocycles. The van der Waals surface area contributed by atoms with Gasteiger partial charge in [0.25, 0.3) is 0 Å². The van der Waals surface area contributed by atoms with E-state index in [1.54, 1.807) is 6.07 Å². The third-order valence-electron chi connectivity index (χ3n) is 1.83. The number of halogens is 2. The third-order valence-corrected chi connectivity index (χ3v) is 2.70. The van der Waals surface area contributed by atoms with Gasteiger partial charge in [-0.05, 0) is 12.1 Å². The van der Waals surface area contributed by atoms with Crippen LogP contribution in [0.4, 0.5) is 4.39 Å². The lowest BCUT2D eigenvalue weighted by molar-refractivity contribution is 0.0315. The number of rotatable bonds is 3. The van der Waals surface area contributed by atoms with Crippen LogP contribution in [0.25, 0.3) is 0 Å². The van der Waals surface area contributed by atoms with Crippen LogP contribution < -0.4 is 0 Å². The second kappa shape index (κ2) is 5.11. The maximum atomic E-state index is 13.3. The van der Waals surface area contributed by atoms with Crippen molar-refractivity contribution in [2.75, 3.05) is 5.75 Å². The standard InChI is InChI=1S/C9H10BrFO2S/c10-5-1-2-6(7(11)3-5)9(13)8(12)4-14/h1-3,8-9,12-14H,4H2. The largest absolute Gasteiger partial charge is 0.389 e. The number of hydrogen-bond donors (Lipinski definition) is 3. The van der Waals surface area contributed by atoms with E-state index < -0.39 is 18.0 Å². The maximum Gasteiger partial charge on any atom is 0.130 e. The molecule has 2 unspecified atom stereocenters. The summed E-state index contributed by atoms with van der Waals surface area (Å²) in [6, 6.07) is 4.27. The monoisotopic (exact) mass is 280 g/mol. The summed E-state index contributed by atoms with van der Waals surface area (Å²) in [5.41, 5.74) is 0.0785. The van der Waals surface area contributed by atoms with Gasteiger partial charge in [0.05, 0.1) is 6.10 Å². The number of aliphatic hydroxyl groups is 2. The quantitative estimate of drug-likeness (QED) is 0.741. The van der Waals surface area contributed by atoms with Gasteiger partial charge in [0.15, 0.2) is 0 Å². The highest BCUT2D eigenvalue weighted by Crippen LogP contribution is 2.23. The van der Waals surface area contributed by atoms with Gasteiger partial charge in [-0.2, -0.15) is 12.6 Å². The molecule has 0 fully saturated rings. The zero-order valence-corrected chi connectivity index (χ0v) is 9.67. The molecule has 0 aromatic heterocycles. The van der Waals surface area contributed by atoms with Crippen molar-refractivity contribution in [3.63, 3.8) is 0 Å². The van der Waals surface area contributed by atoms with E-state index in [1.807, 2.05) is 0 Å². The summed E-state index contributed by atoms with van der Waals surface area (Å²) in [7, 11) is 0. The summed E-state index contributed by atoms with van der Waals surface area (Å²) in [5, 5.41) is 18.8. The normalized spacial score (nSPS) is 15.2. The molecule has 2 N–H and O–H groups in total. The molecule has 0 radical (unpaired) electrons. The summed E-state index contributed by atoms with van der Waals surface area (Å²) in [6.45, 7) is 0. The van der Waals surface area contributed by atoms with Gasteiger partial charge in [0.2, 0.25) is 0 Å². The lowest BCUT2D eigenvalue weighted by Gasteiger charge is -2.16. The van der Waals surface area contributed by atoms with Crippen molar-refractivity contribution in [2.45, 2.75) is 12.2 Å². The van der Waals surface area contributed by atoms with Crippen molar-refractivity contribution in [2.24, 2.45) is 0 Å². The van der Waals surface area contributed by atoms with Crippen LogP contribution in [0.2, 0.25) is 0 Å². The fraction of sp³-hybridized carbons (Fsp3) is 0.333. The Hall–Kier alpha value is -0.100. The molecule has 0 amide bonds. The molecule has 0 aliphatic rings. The molecule has 2 atom stereocenters. The molecule has 0 heterocycles. The van der Waals surface area contributed by atoms with Crippen molar-refractivity contribution < 1.29 is 14.6 Å². The predicted octanol–water partition coefficient (Wildman–Crippen LogP) is 1.91. The molecule has 0 aliphatic heterocycles. The minimum absolute atomic E-state index is 0.0785. The van der Waals surface area contributed by atoms with Gasteiger partial charge in [-0.3, -0.25) is 0 Å². The highest BCUT2D eigenvalue weighted by Gasteiger charge is 2.20. The van der Waals surface area contributed by atoms with E-state index in [0.717, 1.165) is 0 Å². The van der Waals surface area contributed by atoms with Crippen LogP contribution in [0, 0.1) is 5.82 Å². The zero-order chi connectivity index (χ0) is 10.7. The summed E-state index contributed by atoms with van der Waals surface area (Å²) >= 11 is 6.92. The van der Waals surface area contributed by atoms with E-state index in [-0.39, 0.29) is 11.3 Å². The highest BCUT2D eigenvalue weighted by molar-refractivity contribution is 9.10. The molecule has 1 rings (SSSR count). The van der Waals surface area contributed by atoms with E-state index in [4.69, 9.17) is 0 Å². The SMILES string of the molecule is OC(CS)C(O)c1ccc(Br)cc1F. The maximum absolute atomic E-state index is 13.3. The number of hydrogen-bond acceptors (Lipinski definition) is 3. The van der Waals surface area contributed by atoms with Crippen LogP contribution in [0.1, 0.15) is 11.7 Å². The van der Waals surface area contributed by atoms with Crippen LogP contribution in [-0.2, 0) is 0 Å². The molecule has 1 aromatic rings. The molecule has 78 valence electrons. The minimum atomic E-state index is -1.24. The van der Waals surface area contributed by atoms with E-state index in [1.165, 1.54) is 12.1 Å². The Kier molecular flexibility index (Phi) is 4.37. The van der Waals surface area contributed by atoms with E-state index >= 15 is 0 Å².